The molecule has 8 nitrogen and oxygen atoms in total. The van der Waals surface area contributed by atoms with E-state index in [0.717, 1.165) is 10.0 Å². The van der Waals surface area contributed by atoms with Crippen molar-refractivity contribution < 1.29 is 18.8 Å². The van der Waals surface area contributed by atoms with Crippen LogP contribution in [0.4, 0.5) is 5.69 Å². The third-order valence-corrected chi connectivity index (χ3v) is 5.25. The number of rotatable bonds is 5. The van der Waals surface area contributed by atoms with Gasteiger partial charge in [0.15, 0.2) is 11.5 Å². The van der Waals surface area contributed by atoms with Gasteiger partial charge in [0.2, 0.25) is 11.7 Å². The van der Waals surface area contributed by atoms with Crippen LogP contribution in [-0.4, -0.2) is 33.8 Å². The van der Waals surface area contributed by atoms with E-state index in [4.69, 9.17) is 14.0 Å². The molecule has 0 spiro atoms. The van der Waals surface area contributed by atoms with Crippen molar-refractivity contribution in [2.45, 2.75) is 6.54 Å². The molecule has 0 saturated carbocycles. The summed E-state index contributed by atoms with van der Waals surface area (Å²) in [6.07, 6.45) is 1.79. The third-order valence-electron chi connectivity index (χ3n) is 4.72. The SMILES string of the molecule is O=C(Cn1cccc1-c1nc(-c2ccc(Br)cc2)no1)Nc1ccc2c(c1)OCCO2. The van der Waals surface area contributed by atoms with Crippen molar-refractivity contribution in [3.8, 4) is 34.5 Å². The number of halogens is 1. The number of amides is 1. The topological polar surface area (TPSA) is 91.4 Å². The molecular formula is C22H17BrN4O4. The second-order valence-electron chi connectivity index (χ2n) is 6.86. The van der Waals surface area contributed by atoms with Crippen LogP contribution in [-0.2, 0) is 11.3 Å². The Morgan fingerprint density at radius 3 is 2.71 bits per heavy atom. The van der Waals surface area contributed by atoms with E-state index in [1.54, 1.807) is 29.0 Å². The second kappa shape index (κ2) is 8.27. The summed E-state index contributed by atoms with van der Waals surface area (Å²) in [4.78, 5) is 17.1. The molecule has 0 saturated heterocycles. The van der Waals surface area contributed by atoms with Gasteiger partial charge in [-0.3, -0.25) is 4.79 Å². The van der Waals surface area contributed by atoms with E-state index in [9.17, 15) is 4.79 Å². The highest BCUT2D eigenvalue weighted by Crippen LogP contribution is 2.32. The lowest BCUT2D eigenvalue weighted by Crippen LogP contribution is -2.19. The normalized spacial score (nSPS) is 12.5. The summed E-state index contributed by atoms with van der Waals surface area (Å²) in [5.41, 5.74) is 2.14. The van der Waals surface area contributed by atoms with Gasteiger partial charge in [-0.25, -0.2) is 0 Å². The predicted molar refractivity (Wildman–Crippen MR) is 117 cm³/mol. The number of hydrogen-bond donors (Lipinski definition) is 1. The standard InChI is InChI=1S/C22H17BrN4O4/c23-15-5-3-14(4-6-15)21-25-22(31-26-21)17-2-1-9-27(17)13-20(28)24-16-7-8-18-19(12-16)30-11-10-29-18/h1-9,12H,10-11,13H2,(H,24,28). The van der Waals surface area contributed by atoms with Crippen LogP contribution < -0.4 is 14.8 Å². The van der Waals surface area contributed by atoms with Crippen molar-refractivity contribution in [1.29, 1.82) is 0 Å². The Bertz CT molecular complexity index is 1230. The fourth-order valence-corrected chi connectivity index (χ4v) is 3.53. The molecule has 0 fully saturated rings. The Hall–Kier alpha value is -3.59. The number of carbonyl (C=O) groups is 1. The third kappa shape index (κ3) is 4.17. The molecule has 0 bridgehead atoms. The van der Waals surface area contributed by atoms with E-state index in [1.807, 2.05) is 36.4 Å². The highest BCUT2D eigenvalue weighted by molar-refractivity contribution is 9.10. The van der Waals surface area contributed by atoms with Crippen molar-refractivity contribution in [2.75, 3.05) is 18.5 Å². The first kappa shape index (κ1) is 19.4. The van der Waals surface area contributed by atoms with Crippen LogP contribution in [0.15, 0.2) is 69.8 Å². The number of hydrogen-bond acceptors (Lipinski definition) is 6. The van der Waals surface area contributed by atoms with Crippen LogP contribution in [0.3, 0.4) is 0 Å². The largest absolute Gasteiger partial charge is 0.486 e. The molecular weight excluding hydrogens is 464 g/mol. The molecule has 1 aliphatic rings. The van der Waals surface area contributed by atoms with Crippen LogP contribution >= 0.6 is 15.9 Å². The van der Waals surface area contributed by atoms with Crippen molar-refractivity contribution in [3.05, 3.63) is 65.3 Å². The smallest absolute Gasteiger partial charge is 0.274 e. The summed E-state index contributed by atoms with van der Waals surface area (Å²) in [5.74, 6) is 1.93. The van der Waals surface area contributed by atoms with Crippen LogP contribution in [0.25, 0.3) is 23.0 Å². The molecule has 4 aromatic rings. The fraction of sp³-hybridized carbons (Fsp3) is 0.136. The van der Waals surface area contributed by atoms with Crippen molar-refractivity contribution in [2.24, 2.45) is 0 Å². The Balaban J connectivity index is 1.30. The molecule has 0 radical (unpaired) electrons. The minimum Gasteiger partial charge on any atom is -0.486 e. The molecule has 2 aromatic heterocycles. The van der Waals surface area contributed by atoms with E-state index in [0.29, 0.717) is 47.8 Å². The number of nitrogens with zero attached hydrogens (tertiary/aromatic N) is 3. The van der Waals surface area contributed by atoms with Gasteiger partial charge in [0.25, 0.3) is 5.89 Å². The predicted octanol–water partition coefficient (Wildman–Crippen LogP) is 4.38. The van der Waals surface area contributed by atoms with Gasteiger partial charge in [-0.05, 0) is 48.5 Å². The molecule has 31 heavy (non-hydrogen) atoms. The van der Waals surface area contributed by atoms with Crippen LogP contribution in [0.1, 0.15) is 0 Å². The molecule has 3 heterocycles. The molecule has 2 aromatic carbocycles. The van der Waals surface area contributed by atoms with Gasteiger partial charge < -0.3 is 23.9 Å². The van der Waals surface area contributed by atoms with Crippen LogP contribution in [0.5, 0.6) is 11.5 Å². The molecule has 0 unspecified atom stereocenters. The molecule has 0 atom stereocenters. The zero-order valence-corrected chi connectivity index (χ0v) is 17.8. The maximum absolute atomic E-state index is 12.6. The first-order valence-electron chi connectivity index (χ1n) is 9.60. The summed E-state index contributed by atoms with van der Waals surface area (Å²) in [6, 6.07) is 16.6. The number of aromatic nitrogens is 3. The second-order valence-corrected chi connectivity index (χ2v) is 7.77. The van der Waals surface area contributed by atoms with Crippen molar-refractivity contribution >= 4 is 27.5 Å². The summed E-state index contributed by atoms with van der Waals surface area (Å²) in [6.45, 7) is 1.10. The Labute approximate surface area is 185 Å². The maximum Gasteiger partial charge on any atom is 0.274 e. The van der Waals surface area contributed by atoms with Crippen LogP contribution in [0.2, 0.25) is 0 Å². The highest BCUT2D eigenvalue weighted by atomic mass is 79.9. The van der Waals surface area contributed by atoms with E-state index in [2.05, 4.69) is 31.4 Å². The number of nitrogens with one attached hydrogen (secondary N) is 1. The highest BCUT2D eigenvalue weighted by Gasteiger charge is 2.17. The molecule has 5 rings (SSSR count). The average Bonchev–Trinajstić information content (AvgIpc) is 3.43. The number of carbonyl (C=O) groups excluding carboxylic acids is 1. The van der Waals surface area contributed by atoms with Crippen molar-refractivity contribution in [3.63, 3.8) is 0 Å². The summed E-state index contributed by atoms with van der Waals surface area (Å²) >= 11 is 3.41. The van der Waals surface area contributed by atoms with Gasteiger partial charge in [-0.15, -0.1) is 0 Å². The van der Waals surface area contributed by atoms with E-state index in [-0.39, 0.29) is 12.5 Å². The van der Waals surface area contributed by atoms with Gasteiger partial charge in [-0.1, -0.05) is 21.1 Å². The minimum absolute atomic E-state index is 0.0901. The number of ether oxygens (including phenoxy) is 2. The zero-order valence-electron chi connectivity index (χ0n) is 16.2. The van der Waals surface area contributed by atoms with E-state index in [1.165, 1.54) is 0 Å². The summed E-state index contributed by atoms with van der Waals surface area (Å²) < 4.78 is 19.2. The Morgan fingerprint density at radius 2 is 1.87 bits per heavy atom. The minimum atomic E-state index is -0.193. The van der Waals surface area contributed by atoms with Gasteiger partial charge in [0, 0.05) is 28.0 Å². The molecule has 1 amide bonds. The van der Waals surface area contributed by atoms with Gasteiger partial charge in [-0.2, -0.15) is 4.98 Å². The lowest BCUT2D eigenvalue weighted by molar-refractivity contribution is -0.116. The van der Waals surface area contributed by atoms with Gasteiger partial charge in [0.1, 0.15) is 25.5 Å². The number of benzene rings is 2. The maximum atomic E-state index is 12.6. The van der Waals surface area contributed by atoms with Gasteiger partial charge in [0.05, 0.1) is 0 Å². The lowest BCUT2D eigenvalue weighted by Gasteiger charge is -2.19. The first-order chi connectivity index (χ1) is 15.2. The first-order valence-corrected chi connectivity index (χ1v) is 10.4. The van der Waals surface area contributed by atoms with E-state index < -0.39 is 0 Å². The van der Waals surface area contributed by atoms with Crippen molar-refractivity contribution in [1.82, 2.24) is 14.7 Å². The van der Waals surface area contributed by atoms with Gasteiger partial charge >= 0.3 is 0 Å². The number of anilines is 1. The Kier molecular flexibility index (Phi) is 5.17. The molecule has 1 aliphatic heterocycles. The lowest BCUT2D eigenvalue weighted by atomic mass is 10.2. The number of fused-ring (bicyclic) bond motifs is 1. The zero-order chi connectivity index (χ0) is 21.2. The van der Waals surface area contributed by atoms with Crippen LogP contribution in [0, 0.1) is 0 Å². The monoisotopic (exact) mass is 480 g/mol. The molecule has 0 aliphatic carbocycles. The molecule has 1 N–H and O–H groups in total. The summed E-state index contributed by atoms with van der Waals surface area (Å²) in [7, 11) is 0. The fourth-order valence-electron chi connectivity index (χ4n) is 3.27. The van der Waals surface area contributed by atoms with E-state index >= 15 is 0 Å². The average molecular weight is 481 g/mol. The Morgan fingerprint density at radius 1 is 1.06 bits per heavy atom. The summed E-state index contributed by atoms with van der Waals surface area (Å²) in [5, 5.41) is 6.94. The molecule has 156 valence electrons. The molecule has 9 heteroatoms. The quantitative estimate of drug-likeness (QED) is 0.455.